The van der Waals surface area contributed by atoms with E-state index in [-0.39, 0.29) is 5.75 Å². The van der Waals surface area contributed by atoms with Crippen molar-refractivity contribution in [2.45, 2.75) is 31.5 Å². The monoisotopic (exact) mass is 592 g/mol. The highest BCUT2D eigenvalue weighted by molar-refractivity contribution is 7.90. The number of halogens is 1. The third-order valence-electron chi connectivity index (χ3n) is 7.01. The van der Waals surface area contributed by atoms with E-state index < -0.39 is 15.4 Å². The van der Waals surface area contributed by atoms with Gasteiger partial charge in [-0.3, -0.25) is 0 Å². The molecule has 8 nitrogen and oxygen atoms in total. The van der Waals surface area contributed by atoms with Gasteiger partial charge in [0.1, 0.15) is 39.9 Å². The van der Waals surface area contributed by atoms with Gasteiger partial charge in [-0.05, 0) is 66.9 Å². The van der Waals surface area contributed by atoms with Crippen molar-refractivity contribution in [2.24, 2.45) is 0 Å². The standard InChI is InChI=1S/C31H33ClN4O4S/c1-41(37,38)18-16-33-15-5-13-31(14-6-17-40-31)24-9-11-28-26(19-24)30(35-22-34-28)36-25-10-12-29(27(32)20-25)39-21-23-7-3-2-4-8-23/h2-4,6-12,17,19-20,22,33H,5,13-16,18,21H2,1H3,(H,34,35,36). The average Bonchev–Trinajstić information content (AvgIpc) is 3.44. The zero-order valence-corrected chi connectivity index (χ0v) is 24.4. The summed E-state index contributed by atoms with van der Waals surface area (Å²) in [6, 6.07) is 21.6. The Kier molecular flexibility index (Phi) is 9.07. The predicted molar refractivity (Wildman–Crippen MR) is 163 cm³/mol. The maximum Gasteiger partial charge on any atom is 0.148 e. The smallest absolute Gasteiger partial charge is 0.148 e. The van der Waals surface area contributed by atoms with E-state index in [0.717, 1.165) is 47.0 Å². The van der Waals surface area contributed by atoms with Crippen LogP contribution < -0.4 is 15.4 Å². The summed E-state index contributed by atoms with van der Waals surface area (Å²) in [6.07, 6.45) is 8.92. The number of rotatable bonds is 13. The van der Waals surface area contributed by atoms with Gasteiger partial charge in [0.15, 0.2) is 0 Å². The van der Waals surface area contributed by atoms with Crippen molar-refractivity contribution in [2.75, 3.05) is 30.4 Å². The van der Waals surface area contributed by atoms with Gasteiger partial charge in [-0.1, -0.05) is 48.0 Å². The molecule has 1 atom stereocenters. The van der Waals surface area contributed by atoms with Gasteiger partial charge < -0.3 is 20.1 Å². The molecular formula is C31H33ClN4O4S. The predicted octanol–water partition coefficient (Wildman–Crippen LogP) is 6.15. The van der Waals surface area contributed by atoms with Crippen molar-refractivity contribution in [3.05, 3.63) is 102 Å². The number of fused-ring (bicyclic) bond motifs is 1. The summed E-state index contributed by atoms with van der Waals surface area (Å²) in [5.41, 5.74) is 3.19. The highest BCUT2D eigenvalue weighted by Crippen LogP contribution is 2.40. The van der Waals surface area contributed by atoms with Crippen LogP contribution in [0.5, 0.6) is 5.75 Å². The van der Waals surface area contributed by atoms with Crippen molar-refractivity contribution < 1.29 is 17.9 Å². The minimum Gasteiger partial charge on any atom is -0.490 e. The van der Waals surface area contributed by atoms with Gasteiger partial charge in [-0.25, -0.2) is 18.4 Å². The van der Waals surface area contributed by atoms with Crippen molar-refractivity contribution in [3.63, 3.8) is 0 Å². The van der Waals surface area contributed by atoms with Crippen LogP contribution in [0.25, 0.3) is 10.9 Å². The zero-order valence-electron chi connectivity index (χ0n) is 22.8. The number of hydrogen-bond acceptors (Lipinski definition) is 8. The summed E-state index contributed by atoms with van der Waals surface area (Å²) in [4.78, 5) is 8.99. The van der Waals surface area contributed by atoms with Gasteiger partial charge in [-0.15, -0.1) is 0 Å². The molecule has 0 spiro atoms. The number of ether oxygens (including phenoxy) is 2. The molecule has 2 N–H and O–H groups in total. The molecule has 0 fully saturated rings. The Hall–Kier alpha value is -3.66. The topological polar surface area (TPSA) is 102 Å². The fraction of sp³-hybridized carbons (Fsp3) is 0.290. The lowest BCUT2D eigenvalue weighted by molar-refractivity contribution is 0.0306. The molecule has 41 heavy (non-hydrogen) atoms. The number of aromatic nitrogens is 2. The van der Waals surface area contributed by atoms with Crippen LogP contribution in [0, 0.1) is 0 Å². The van der Waals surface area contributed by atoms with Gasteiger partial charge in [0, 0.05) is 30.3 Å². The molecule has 1 aliphatic heterocycles. The van der Waals surface area contributed by atoms with Crippen molar-refractivity contribution in [3.8, 4) is 5.75 Å². The first-order valence-corrected chi connectivity index (χ1v) is 16.0. The molecule has 1 aromatic heterocycles. The first kappa shape index (κ1) is 28.9. The number of benzene rings is 3. The average molecular weight is 593 g/mol. The quantitative estimate of drug-likeness (QED) is 0.178. The molecule has 0 amide bonds. The number of nitrogens with one attached hydrogen (secondary N) is 2. The molecule has 0 bridgehead atoms. The third kappa shape index (κ3) is 7.55. The Bertz CT molecular complexity index is 1620. The van der Waals surface area contributed by atoms with Crippen LogP contribution in [-0.4, -0.2) is 43.5 Å². The van der Waals surface area contributed by atoms with Crippen molar-refractivity contribution in [1.29, 1.82) is 0 Å². The van der Waals surface area contributed by atoms with Gasteiger partial charge in [0.2, 0.25) is 0 Å². The summed E-state index contributed by atoms with van der Waals surface area (Å²) >= 11 is 6.56. The Labute approximate surface area is 245 Å². The van der Waals surface area contributed by atoms with E-state index in [2.05, 4.69) is 32.7 Å². The molecule has 1 aliphatic rings. The minimum atomic E-state index is -2.98. The molecule has 214 valence electrons. The summed E-state index contributed by atoms with van der Waals surface area (Å²) in [7, 11) is -2.98. The van der Waals surface area contributed by atoms with E-state index in [1.807, 2.05) is 60.7 Å². The van der Waals surface area contributed by atoms with E-state index in [1.54, 1.807) is 6.26 Å². The SMILES string of the molecule is CS(=O)(=O)CCNCCCC1(c2ccc3ncnc(Nc4ccc(OCc5ccccc5)c(Cl)c4)c3c2)CC=CO1. The van der Waals surface area contributed by atoms with Gasteiger partial charge in [0.05, 0.1) is 22.6 Å². The van der Waals surface area contributed by atoms with E-state index >= 15 is 0 Å². The molecule has 0 saturated heterocycles. The van der Waals surface area contributed by atoms with Crippen LogP contribution in [0.4, 0.5) is 11.5 Å². The molecule has 2 heterocycles. The first-order chi connectivity index (χ1) is 19.8. The maximum absolute atomic E-state index is 11.4. The maximum atomic E-state index is 11.4. The van der Waals surface area contributed by atoms with Crippen molar-refractivity contribution >= 4 is 43.8 Å². The largest absolute Gasteiger partial charge is 0.490 e. The molecular weight excluding hydrogens is 560 g/mol. The van der Waals surface area contributed by atoms with Crippen LogP contribution >= 0.6 is 11.6 Å². The molecule has 0 saturated carbocycles. The van der Waals surface area contributed by atoms with Gasteiger partial charge in [0.25, 0.3) is 0 Å². The second kappa shape index (κ2) is 12.9. The molecule has 4 aromatic rings. The van der Waals surface area contributed by atoms with Crippen LogP contribution in [0.1, 0.15) is 30.4 Å². The Morgan fingerprint density at radius 2 is 1.90 bits per heavy atom. The second-order valence-electron chi connectivity index (χ2n) is 10.2. The Morgan fingerprint density at radius 3 is 2.66 bits per heavy atom. The Morgan fingerprint density at radius 1 is 1.05 bits per heavy atom. The summed E-state index contributed by atoms with van der Waals surface area (Å²) in [6.45, 7) is 1.58. The van der Waals surface area contributed by atoms with Crippen LogP contribution in [0.15, 0.2) is 85.4 Å². The Balaban J connectivity index is 1.29. The van der Waals surface area contributed by atoms with E-state index in [1.165, 1.54) is 12.6 Å². The lowest BCUT2D eigenvalue weighted by Gasteiger charge is -2.30. The van der Waals surface area contributed by atoms with Crippen LogP contribution in [-0.2, 0) is 26.8 Å². The molecule has 1 unspecified atom stereocenters. The second-order valence-corrected chi connectivity index (χ2v) is 12.8. The van der Waals surface area contributed by atoms with E-state index in [0.29, 0.717) is 36.3 Å². The lowest BCUT2D eigenvalue weighted by Crippen LogP contribution is -2.28. The fourth-order valence-corrected chi connectivity index (χ4v) is 5.60. The lowest BCUT2D eigenvalue weighted by atomic mass is 9.86. The molecule has 0 radical (unpaired) electrons. The molecule has 5 rings (SSSR count). The number of anilines is 2. The van der Waals surface area contributed by atoms with Crippen molar-refractivity contribution in [1.82, 2.24) is 15.3 Å². The van der Waals surface area contributed by atoms with Gasteiger partial charge in [-0.2, -0.15) is 0 Å². The van der Waals surface area contributed by atoms with E-state index in [9.17, 15) is 8.42 Å². The molecule has 0 aliphatic carbocycles. The summed E-state index contributed by atoms with van der Waals surface area (Å²) in [5.74, 6) is 1.40. The molecule has 3 aromatic carbocycles. The third-order valence-corrected chi connectivity index (χ3v) is 8.26. The normalized spacial score (nSPS) is 16.5. The summed E-state index contributed by atoms with van der Waals surface area (Å²) < 4.78 is 34.8. The first-order valence-electron chi connectivity index (χ1n) is 13.5. The zero-order chi connectivity index (χ0) is 28.7. The highest BCUT2D eigenvalue weighted by Gasteiger charge is 2.35. The highest BCUT2D eigenvalue weighted by atomic mass is 35.5. The van der Waals surface area contributed by atoms with E-state index in [4.69, 9.17) is 21.1 Å². The fourth-order valence-electron chi connectivity index (χ4n) is 4.85. The minimum absolute atomic E-state index is 0.130. The number of nitrogens with zero attached hydrogens (tertiary/aromatic N) is 2. The summed E-state index contributed by atoms with van der Waals surface area (Å²) in [5, 5.41) is 7.98. The molecule has 10 heteroatoms. The number of sulfone groups is 1. The number of hydrogen-bond donors (Lipinski definition) is 2. The van der Waals surface area contributed by atoms with Crippen LogP contribution in [0.2, 0.25) is 5.02 Å². The van der Waals surface area contributed by atoms with Crippen LogP contribution in [0.3, 0.4) is 0 Å². The van der Waals surface area contributed by atoms with Gasteiger partial charge >= 0.3 is 0 Å².